The molecule has 3 rings (SSSR count). The van der Waals surface area contributed by atoms with Gasteiger partial charge in [-0.2, -0.15) is 5.10 Å². The highest BCUT2D eigenvalue weighted by Gasteiger charge is 2.14. The normalized spacial score (nSPS) is 10.5. The Labute approximate surface area is 153 Å². The number of aromatic nitrogens is 2. The predicted octanol–water partition coefficient (Wildman–Crippen LogP) is 3.55. The molecule has 0 aliphatic heterocycles. The number of amides is 1. The summed E-state index contributed by atoms with van der Waals surface area (Å²) in [5.74, 6) is 0.713. The molecule has 0 spiro atoms. The molecule has 0 fully saturated rings. The maximum absolute atomic E-state index is 12.4. The van der Waals surface area contributed by atoms with Gasteiger partial charge < -0.3 is 10.1 Å². The number of carbonyl (C=O) groups excluding carboxylic acids is 1. The monoisotopic (exact) mass is 349 g/mol. The molecule has 5 heteroatoms. The zero-order chi connectivity index (χ0) is 18.4. The number of para-hydroxylation sites is 1. The van der Waals surface area contributed by atoms with Crippen molar-refractivity contribution < 1.29 is 9.53 Å². The number of carbonyl (C=O) groups is 1. The molecule has 0 unspecified atom stereocenters. The van der Waals surface area contributed by atoms with Crippen LogP contribution in [0.15, 0.2) is 60.8 Å². The van der Waals surface area contributed by atoms with Crippen molar-refractivity contribution in [3.8, 4) is 11.4 Å². The smallest absolute Gasteiger partial charge is 0.272 e. The van der Waals surface area contributed by atoms with Crippen molar-refractivity contribution in [2.45, 2.75) is 20.3 Å². The minimum atomic E-state index is -0.150. The summed E-state index contributed by atoms with van der Waals surface area (Å²) in [6, 6.07) is 17.7. The number of nitrogens with zero attached hydrogens (tertiary/aromatic N) is 2. The number of hydrogen-bond acceptors (Lipinski definition) is 3. The van der Waals surface area contributed by atoms with E-state index in [0.717, 1.165) is 29.0 Å². The number of aryl methyl sites for hydroxylation is 1. The Morgan fingerprint density at radius 3 is 2.54 bits per heavy atom. The van der Waals surface area contributed by atoms with E-state index in [1.165, 1.54) is 0 Å². The van der Waals surface area contributed by atoms with Crippen LogP contribution in [-0.4, -0.2) is 28.8 Å². The van der Waals surface area contributed by atoms with Crippen LogP contribution in [0.5, 0.6) is 5.75 Å². The zero-order valence-electron chi connectivity index (χ0n) is 15.1. The van der Waals surface area contributed by atoms with Gasteiger partial charge in [-0.3, -0.25) is 4.79 Å². The van der Waals surface area contributed by atoms with Crippen molar-refractivity contribution in [2.24, 2.45) is 0 Å². The Morgan fingerprint density at radius 1 is 1.12 bits per heavy atom. The highest BCUT2D eigenvalue weighted by atomic mass is 16.5. The molecule has 0 atom stereocenters. The second kappa shape index (κ2) is 8.34. The van der Waals surface area contributed by atoms with Crippen LogP contribution in [0.1, 0.15) is 28.5 Å². The van der Waals surface area contributed by atoms with Gasteiger partial charge >= 0.3 is 0 Å². The van der Waals surface area contributed by atoms with E-state index >= 15 is 0 Å². The van der Waals surface area contributed by atoms with Gasteiger partial charge in [0.05, 0.1) is 12.3 Å². The lowest BCUT2D eigenvalue weighted by molar-refractivity contribution is 0.0948. The average molecular weight is 349 g/mol. The lowest BCUT2D eigenvalue weighted by atomic mass is 10.1. The number of hydrogen-bond donors (Lipinski definition) is 1. The first-order valence-corrected chi connectivity index (χ1v) is 8.79. The fourth-order valence-corrected chi connectivity index (χ4v) is 2.72. The van der Waals surface area contributed by atoms with Gasteiger partial charge in [0.25, 0.3) is 5.91 Å². The van der Waals surface area contributed by atoms with Crippen LogP contribution >= 0.6 is 0 Å². The van der Waals surface area contributed by atoms with Gasteiger partial charge in [0.2, 0.25) is 0 Å². The maximum atomic E-state index is 12.4. The summed E-state index contributed by atoms with van der Waals surface area (Å²) < 4.78 is 7.17. The highest BCUT2D eigenvalue weighted by Crippen LogP contribution is 2.13. The second-order valence-corrected chi connectivity index (χ2v) is 6.02. The molecule has 26 heavy (non-hydrogen) atoms. The molecular weight excluding hydrogens is 326 g/mol. The van der Waals surface area contributed by atoms with Gasteiger partial charge in [0.1, 0.15) is 5.75 Å². The number of benzene rings is 2. The molecule has 134 valence electrons. The van der Waals surface area contributed by atoms with Gasteiger partial charge in [-0.1, -0.05) is 30.3 Å². The van der Waals surface area contributed by atoms with Crippen LogP contribution in [0.3, 0.4) is 0 Å². The van der Waals surface area contributed by atoms with Crippen molar-refractivity contribution in [1.82, 2.24) is 15.1 Å². The van der Waals surface area contributed by atoms with Crippen LogP contribution in [0.2, 0.25) is 0 Å². The average Bonchev–Trinajstić information content (AvgIpc) is 3.06. The van der Waals surface area contributed by atoms with Gasteiger partial charge in [-0.15, -0.1) is 0 Å². The van der Waals surface area contributed by atoms with Gasteiger partial charge in [0.15, 0.2) is 5.69 Å². The third kappa shape index (κ3) is 4.30. The zero-order valence-corrected chi connectivity index (χ0v) is 15.1. The summed E-state index contributed by atoms with van der Waals surface area (Å²) in [5.41, 5.74) is 3.40. The van der Waals surface area contributed by atoms with E-state index in [-0.39, 0.29) is 5.91 Å². The molecule has 0 saturated heterocycles. The van der Waals surface area contributed by atoms with Crippen LogP contribution in [0.25, 0.3) is 5.69 Å². The van der Waals surface area contributed by atoms with E-state index < -0.39 is 0 Å². The molecule has 1 amide bonds. The third-order valence-corrected chi connectivity index (χ3v) is 4.07. The Bertz CT molecular complexity index is 855. The first-order chi connectivity index (χ1) is 12.7. The fraction of sp³-hybridized carbons (Fsp3) is 0.238. The first kappa shape index (κ1) is 17.7. The van der Waals surface area contributed by atoms with E-state index in [4.69, 9.17) is 4.74 Å². The molecule has 1 aromatic heterocycles. The maximum Gasteiger partial charge on any atom is 0.272 e. The van der Waals surface area contributed by atoms with Crippen molar-refractivity contribution in [3.63, 3.8) is 0 Å². The molecule has 0 bridgehead atoms. The van der Waals surface area contributed by atoms with Gasteiger partial charge in [-0.05, 0) is 50.1 Å². The summed E-state index contributed by atoms with van der Waals surface area (Å²) >= 11 is 0. The summed E-state index contributed by atoms with van der Waals surface area (Å²) in [6.45, 7) is 5.08. The minimum Gasteiger partial charge on any atom is -0.494 e. The van der Waals surface area contributed by atoms with Crippen LogP contribution in [0, 0.1) is 6.92 Å². The molecule has 5 nitrogen and oxygen atoms in total. The topological polar surface area (TPSA) is 56.1 Å². The van der Waals surface area contributed by atoms with Gasteiger partial charge in [-0.25, -0.2) is 4.68 Å². The Balaban J connectivity index is 1.57. The number of nitrogens with one attached hydrogen (secondary N) is 1. The lowest BCUT2D eigenvalue weighted by Gasteiger charge is -2.06. The van der Waals surface area contributed by atoms with Crippen molar-refractivity contribution in [1.29, 1.82) is 0 Å². The van der Waals surface area contributed by atoms with Crippen molar-refractivity contribution >= 4 is 5.91 Å². The second-order valence-electron chi connectivity index (χ2n) is 6.02. The van der Waals surface area contributed by atoms with Crippen LogP contribution in [0.4, 0.5) is 0 Å². The molecular formula is C21H23N3O2. The fourth-order valence-electron chi connectivity index (χ4n) is 2.72. The quantitative estimate of drug-likeness (QED) is 0.710. The molecule has 0 aliphatic rings. The van der Waals surface area contributed by atoms with Crippen LogP contribution in [-0.2, 0) is 6.42 Å². The molecule has 3 aromatic rings. The van der Waals surface area contributed by atoms with Gasteiger partial charge in [0, 0.05) is 18.3 Å². The lowest BCUT2D eigenvalue weighted by Crippen LogP contribution is -2.26. The molecule has 1 N–H and O–H groups in total. The Morgan fingerprint density at radius 2 is 1.85 bits per heavy atom. The summed E-state index contributed by atoms with van der Waals surface area (Å²) in [4.78, 5) is 12.4. The molecule has 2 aromatic carbocycles. The SMILES string of the molecule is CCOc1ccc(CCNC(=O)c2nn(-c3ccccc3)cc2C)cc1. The predicted molar refractivity (Wildman–Crippen MR) is 102 cm³/mol. The summed E-state index contributed by atoms with van der Waals surface area (Å²) in [6.07, 6.45) is 2.63. The molecule has 0 aliphatic carbocycles. The first-order valence-electron chi connectivity index (χ1n) is 8.79. The van der Waals surface area contributed by atoms with Crippen molar-refractivity contribution in [3.05, 3.63) is 77.6 Å². The molecule has 0 saturated carbocycles. The van der Waals surface area contributed by atoms with Crippen molar-refractivity contribution in [2.75, 3.05) is 13.2 Å². The largest absolute Gasteiger partial charge is 0.494 e. The summed E-state index contributed by atoms with van der Waals surface area (Å²) in [7, 11) is 0. The highest BCUT2D eigenvalue weighted by molar-refractivity contribution is 5.93. The van der Waals surface area contributed by atoms with E-state index in [1.807, 2.05) is 74.6 Å². The molecule has 1 heterocycles. The van der Waals surface area contributed by atoms with E-state index in [1.54, 1.807) is 4.68 Å². The molecule has 0 radical (unpaired) electrons. The van der Waals surface area contributed by atoms with E-state index in [0.29, 0.717) is 18.8 Å². The standard InChI is InChI=1S/C21H23N3O2/c1-3-26-19-11-9-17(10-12-19)13-14-22-21(25)20-16(2)15-24(23-20)18-7-5-4-6-8-18/h4-12,15H,3,13-14H2,1-2H3,(H,22,25). The Hall–Kier alpha value is -3.08. The Kier molecular flexibility index (Phi) is 5.69. The third-order valence-electron chi connectivity index (χ3n) is 4.07. The minimum absolute atomic E-state index is 0.150. The number of rotatable bonds is 7. The number of ether oxygens (including phenoxy) is 1. The summed E-state index contributed by atoms with van der Waals surface area (Å²) in [5, 5.41) is 7.37. The van der Waals surface area contributed by atoms with E-state index in [9.17, 15) is 4.79 Å². The van der Waals surface area contributed by atoms with Crippen LogP contribution < -0.4 is 10.1 Å². The van der Waals surface area contributed by atoms with E-state index in [2.05, 4.69) is 10.4 Å².